The van der Waals surface area contributed by atoms with Gasteiger partial charge in [-0.25, -0.2) is 0 Å². The molecule has 0 aromatic carbocycles. The number of rotatable bonds is 6. The number of nitrogens with one attached hydrogen (secondary N) is 1. The molecule has 15 heavy (non-hydrogen) atoms. The molecule has 90 valence electrons. The van der Waals surface area contributed by atoms with Gasteiger partial charge in [-0.3, -0.25) is 0 Å². The Bertz CT molecular complexity index is 199. The summed E-state index contributed by atoms with van der Waals surface area (Å²) in [6.07, 6.45) is -1.79. The van der Waals surface area contributed by atoms with E-state index in [1.54, 1.807) is 0 Å². The Kier molecular flexibility index (Phi) is 4.00. The lowest BCUT2D eigenvalue weighted by Gasteiger charge is -2.26. The van der Waals surface area contributed by atoms with Crippen LogP contribution in [0.4, 0.5) is 13.2 Å². The second-order valence-corrected chi connectivity index (χ2v) is 4.59. The average Bonchev–Trinajstić information content (AvgIpc) is 2.82. The molecule has 0 unspecified atom stereocenters. The molecule has 0 spiro atoms. The van der Waals surface area contributed by atoms with Crippen LogP contribution >= 0.6 is 0 Å². The van der Waals surface area contributed by atoms with Crippen LogP contribution in [-0.2, 0) is 4.74 Å². The summed E-state index contributed by atoms with van der Waals surface area (Å²) in [7, 11) is 0. The Balaban J connectivity index is 2.01. The molecule has 0 atom stereocenters. The molecule has 0 aromatic rings. The van der Waals surface area contributed by atoms with Crippen LogP contribution in [0.2, 0.25) is 0 Å². The number of alkyl halides is 3. The van der Waals surface area contributed by atoms with E-state index in [1.165, 1.54) is 12.8 Å². The van der Waals surface area contributed by atoms with Crippen molar-refractivity contribution < 1.29 is 17.9 Å². The lowest BCUT2D eigenvalue weighted by atomic mass is 9.99. The van der Waals surface area contributed by atoms with Crippen LogP contribution in [0, 0.1) is 5.92 Å². The maximum atomic E-state index is 11.7. The number of ether oxygens (including phenoxy) is 1. The third-order valence-electron chi connectivity index (χ3n) is 2.69. The second kappa shape index (κ2) is 4.70. The maximum absolute atomic E-state index is 11.7. The summed E-state index contributed by atoms with van der Waals surface area (Å²) < 4.78 is 39.6. The molecule has 0 amide bonds. The van der Waals surface area contributed by atoms with Crippen LogP contribution in [0.1, 0.15) is 26.7 Å². The van der Waals surface area contributed by atoms with Gasteiger partial charge >= 0.3 is 6.18 Å². The van der Waals surface area contributed by atoms with E-state index in [-0.39, 0.29) is 12.1 Å². The van der Waals surface area contributed by atoms with Gasteiger partial charge < -0.3 is 10.1 Å². The van der Waals surface area contributed by atoms with Crippen molar-refractivity contribution in [2.24, 2.45) is 5.92 Å². The predicted molar refractivity (Wildman–Crippen MR) is 51.7 cm³/mol. The van der Waals surface area contributed by atoms with E-state index in [9.17, 15) is 13.2 Å². The van der Waals surface area contributed by atoms with E-state index in [1.807, 2.05) is 0 Å². The molecule has 1 aliphatic rings. The van der Waals surface area contributed by atoms with Crippen molar-refractivity contribution in [3.63, 3.8) is 0 Å². The fourth-order valence-electron chi connectivity index (χ4n) is 1.58. The van der Waals surface area contributed by atoms with Crippen molar-refractivity contribution in [2.45, 2.75) is 38.4 Å². The molecule has 1 N–H and O–H groups in total. The molecule has 0 radical (unpaired) electrons. The fraction of sp³-hybridized carbons (Fsp3) is 1.00. The largest absolute Gasteiger partial charge is 0.411 e. The SMILES string of the molecule is CC(C)(NCCOCC(F)(F)F)C1CC1. The molecular weight excluding hydrogens is 207 g/mol. The Morgan fingerprint density at radius 1 is 1.27 bits per heavy atom. The Labute approximate surface area is 88.2 Å². The van der Waals surface area contributed by atoms with Gasteiger partial charge in [-0.1, -0.05) is 0 Å². The maximum Gasteiger partial charge on any atom is 0.411 e. The highest BCUT2D eigenvalue weighted by atomic mass is 19.4. The van der Waals surface area contributed by atoms with E-state index in [0.717, 1.165) is 0 Å². The number of hydrogen-bond acceptors (Lipinski definition) is 2. The van der Waals surface area contributed by atoms with E-state index in [2.05, 4.69) is 23.9 Å². The van der Waals surface area contributed by atoms with Crippen LogP contribution in [0.15, 0.2) is 0 Å². The molecule has 5 heteroatoms. The molecule has 2 nitrogen and oxygen atoms in total. The lowest BCUT2D eigenvalue weighted by Crippen LogP contribution is -2.43. The summed E-state index contributed by atoms with van der Waals surface area (Å²) in [6.45, 7) is 3.58. The summed E-state index contributed by atoms with van der Waals surface area (Å²) in [5.41, 5.74) is 0.0294. The molecule has 1 aliphatic carbocycles. The van der Waals surface area contributed by atoms with E-state index < -0.39 is 12.8 Å². The lowest BCUT2D eigenvalue weighted by molar-refractivity contribution is -0.173. The standard InChI is InChI=1S/C10H18F3NO/c1-9(2,8-3-4-8)14-5-6-15-7-10(11,12)13/h8,14H,3-7H2,1-2H3. The van der Waals surface area contributed by atoms with Crippen LogP contribution in [-0.4, -0.2) is 31.5 Å². The zero-order valence-corrected chi connectivity index (χ0v) is 9.16. The minimum atomic E-state index is -4.22. The van der Waals surface area contributed by atoms with Gasteiger partial charge in [0.25, 0.3) is 0 Å². The summed E-state index contributed by atoms with van der Waals surface area (Å²) in [5.74, 6) is 0.667. The molecule has 0 aromatic heterocycles. The van der Waals surface area contributed by atoms with Gasteiger partial charge in [-0.15, -0.1) is 0 Å². The first-order chi connectivity index (χ1) is 6.81. The predicted octanol–water partition coefficient (Wildman–Crippen LogP) is 2.34. The van der Waals surface area contributed by atoms with Crippen LogP contribution in [0.5, 0.6) is 0 Å². The van der Waals surface area contributed by atoms with Crippen molar-refractivity contribution in [3.05, 3.63) is 0 Å². The summed E-state index contributed by atoms with van der Waals surface area (Å²) in [4.78, 5) is 0. The molecule has 0 heterocycles. The molecule has 0 saturated heterocycles. The highest BCUT2D eigenvalue weighted by Crippen LogP contribution is 2.38. The summed E-state index contributed by atoms with van der Waals surface area (Å²) >= 11 is 0. The van der Waals surface area contributed by atoms with Gasteiger partial charge in [-0.2, -0.15) is 13.2 Å². The molecule has 1 saturated carbocycles. The minimum Gasteiger partial charge on any atom is -0.371 e. The third kappa shape index (κ3) is 5.37. The second-order valence-electron chi connectivity index (χ2n) is 4.59. The molecule has 1 fully saturated rings. The summed E-state index contributed by atoms with van der Waals surface area (Å²) in [6, 6.07) is 0. The first-order valence-corrected chi connectivity index (χ1v) is 5.21. The monoisotopic (exact) mass is 225 g/mol. The van der Waals surface area contributed by atoms with Gasteiger partial charge in [0.05, 0.1) is 6.61 Å². The quantitative estimate of drug-likeness (QED) is 0.700. The Hall–Kier alpha value is -0.290. The highest BCUT2D eigenvalue weighted by Gasteiger charge is 2.37. The van der Waals surface area contributed by atoms with E-state index >= 15 is 0 Å². The minimum absolute atomic E-state index is 0.0294. The fourth-order valence-corrected chi connectivity index (χ4v) is 1.58. The summed E-state index contributed by atoms with van der Waals surface area (Å²) in [5, 5.41) is 3.21. The van der Waals surface area contributed by atoms with Crippen LogP contribution in [0.25, 0.3) is 0 Å². The number of halogens is 3. The smallest absolute Gasteiger partial charge is 0.371 e. The number of hydrogen-bond donors (Lipinski definition) is 1. The Morgan fingerprint density at radius 2 is 1.87 bits per heavy atom. The van der Waals surface area contributed by atoms with Gasteiger partial charge in [0.15, 0.2) is 0 Å². The van der Waals surface area contributed by atoms with Crippen molar-refractivity contribution >= 4 is 0 Å². The highest BCUT2D eigenvalue weighted by molar-refractivity contribution is 4.94. The zero-order valence-electron chi connectivity index (χ0n) is 9.16. The van der Waals surface area contributed by atoms with Gasteiger partial charge in [0.2, 0.25) is 0 Å². The molecule has 0 aliphatic heterocycles. The first-order valence-electron chi connectivity index (χ1n) is 5.21. The van der Waals surface area contributed by atoms with Crippen molar-refractivity contribution in [3.8, 4) is 0 Å². The van der Waals surface area contributed by atoms with Gasteiger partial charge in [0, 0.05) is 12.1 Å². The van der Waals surface area contributed by atoms with Crippen LogP contribution in [0.3, 0.4) is 0 Å². The van der Waals surface area contributed by atoms with E-state index in [4.69, 9.17) is 0 Å². The van der Waals surface area contributed by atoms with Crippen LogP contribution < -0.4 is 5.32 Å². The average molecular weight is 225 g/mol. The Morgan fingerprint density at radius 3 is 2.33 bits per heavy atom. The van der Waals surface area contributed by atoms with Crippen molar-refractivity contribution in [1.29, 1.82) is 0 Å². The zero-order chi connectivity index (χ0) is 11.5. The first kappa shape index (κ1) is 12.8. The van der Waals surface area contributed by atoms with Crippen molar-refractivity contribution in [1.82, 2.24) is 5.32 Å². The molecular formula is C10H18F3NO. The van der Waals surface area contributed by atoms with Gasteiger partial charge in [0.1, 0.15) is 6.61 Å². The third-order valence-corrected chi connectivity index (χ3v) is 2.69. The van der Waals surface area contributed by atoms with Crippen molar-refractivity contribution in [2.75, 3.05) is 19.8 Å². The molecule has 0 bridgehead atoms. The van der Waals surface area contributed by atoms with E-state index in [0.29, 0.717) is 12.5 Å². The topological polar surface area (TPSA) is 21.3 Å². The van der Waals surface area contributed by atoms with Gasteiger partial charge in [-0.05, 0) is 32.6 Å². The molecule has 1 rings (SSSR count). The normalized spacial score (nSPS) is 18.2.